The highest BCUT2D eigenvalue weighted by atomic mass is 14.2. The summed E-state index contributed by atoms with van der Waals surface area (Å²) in [6.07, 6.45) is 5.85. The third-order valence-corrected chi connectivity index (χ3v) is 3.06. The molecule has 0 N–H and O–H groups in total. The first-order valence-corrected chi connectivity index (χ1v) is 5.24. The minimum atomic E-state index is 0.819. The van der Waals surface area contributed by atoms with Gasteiger partial charge in [0.25, 0.3) is 0 Å². The van der Waals surface area contributed by atoms with Gasteiger partial charge in [0.2, 0.25) is 0 Å². The highest BCUT2D eigenvalue weighted by molar-refractivity contribution is 4.73. The van der Waals surface area contributed by atoms with Crippen molar-refractivity contribution < 1.29 is 0 Å². The standard InChI is InChI=1S/C12H24/c1-6-8-9-12(7-2)11(5)10(3)4/h6,10-12H,1,7-9H2,2-5H3. The van der Waals surface area contributed by atoms with Crippen molar-refractivity contribution in [2.24, 2.45) is 17.8 Å². The van der Waals surface area contributed by atoms with Gasteiger partial charge in [-0.25, -0.2) is 0 Å². The normalized spacial score (nSPS) is 16.1. The molecular formula is C12H24. The molecule has 0 spiro atoms. The first-order chi connectivity index (χ1) is 5.63. The SMILES string of the molecule is C=CCCC(CC)C(C)C(C)C. The Morgan fingerprint density at radius 2 is 1.83 bits per heavy atom. The van der Waals surface area contributed by atoms with Crippen LogP contribution in [-0.2, 0) is 0 Å². The quantitative estimate of drug-likeness (QED) is 0.519. The zero-order valence-corrected chi connectivity index (χ0v) is 9.14. The van der Waals surface area contributed by atoms with Gasteiger partial charge in [-0.1, -0.05) is 40.2 Å². The van der Waals surface area contributed by atoms with Crippen molar-refractivity contribution in [3.8, 4) is 0 Å². The van der Waals surface area contributed by atoms with Crippen LogP contribution in [0, 0.1) is 17.8 Å². The van der Waals surface area contributed by atoms with Gasteiger partial charge in [-0.2, -0.15) is 0 Å². The average Bonchev–Trinajstić information content (AvgIpc) is 2.05. The minimum Gasteiger partial charge on any atom is -0.103 e. The van der Waals surface area contributed by atoms with E-state index in [-0.39, 0.29) is 0 Å². The van der Waals surface area contributed by atoms with Gasteiger partial charge in [-0.15, -0.1) is 6.58 Å². The van der Waals surface area contributed by atoms with E-state index in [0.717, 1.165) is 17.8 Å². The third-order valence-electron chi connectivity index (χ3n) is 3.06. The van der Waals surface area contributed by atoms with Crippen LogP contribution >= 0.6 is 0 Å². The van der Waals surface area contributed by atoms with Crippen LogP contribution in [0.5, 0.6) is 0 Å². The molecule has 0 fully saturated rings. The second-order valence-electron chi connectivity index (χ2n) is 4.14. The summed E-state index contributed by atoms with van der Waals surface area (Å²) in [4.78, 5) is 0. The van der Waals surface area contributed by atoms with Gasteiger partial charge >= 0.3 is 0 Å². The number of hydrogen-bond acceptors (Lipinski definition) is 0. The summed E-state index contributed by atoms with van der Waals surface area (Å²) in [6.45, 7) is 13.1. The third kappa shape index (κ3) is 3.94. The zero-order valence-electron chi connectivity index (χ0n) is 9.14. The molecule has 2 unspecified atom stereocenters. The summed E-state index contributed by atoms with van der Waals surface area (Å²) in [5, 5.41) is 0. The largest absolute Gasteiger partial charge is 0.103 e. The molecule has 0 nitrogen and oxygen atoms in total. The molecule has 0 aliphatic heterocycles. The zero-order chi connectivity index (χ0) is 9.56. The minimum absolute atomic E-state index is 0.819. The Balaban J connectivity index is 3.86. The number of hydrogen-bond donors (Lipinski definition) is 0. The van der Waals surface area contributed by atoms with E-state index in [4.69, 9.17) is 0 Å². The molecule has 12 heavy (non-hydrogen) atoms. The van der Waals surface area contributed by atoms with Crippen molar-refractivity contribution in [1.82, 2.24) is 0 Å². The number of rotatable bonds is 6. The summed E-state index contributed by atoms with van der Waals surface area (Å²) < 4.78 is 0. The molecule has 0 aromatic carbocycles. The molecule has 0 saturated heterocycles. The summed E-state index contributed by atoms with van der Waals surface area (Å²) in [7, 11) is 0. The van der Waals surface area contributed by atoms with Gasteiger partial charge in [-0.3, -0.25) is 0 Å². The van der Waals surface area contributed by atoms with E-state index in [9.17, 15) is 0 Å². The summed E-state index contributed by atoms with van der Waals surface area (Å²) in [6, 6.07) is 0. The second-order valence-corrected chi connectivity index (χ2v) is 4.14. The topological polar surface area (TPSA) is 0 Å². The van der Waals surface area contributed by atoms with Crippen LogP contribution in [0.1, 0.15) is 47.0 Å². The van der Waals surface area contributed by atoms with Crippen molar-refractivity contribution >= 4 is 0 Å². The average molecular weight is 168 g/mol. The predicted molar refractivity (Wildman–Crippen MR) is 57.2 cm³/mol. The maximum atomic E-state index is 3.77. The van der Waals surface area contributed by atoms with E-state index in [2.05, 4.69) is 34.3 Å². The molecule has 0 aliphatic carbocycles. The first-order valence-electron chi connectivity index (χ1n) is 5.24. The summed E-state index contributed by atoms with van der Waals surface area (Å²) in [5.74, 6) is 2.57. The van der Waals surface area contributed by atoms with Crippen molar-refractivity contribution in [2.75, 3.05) is 0 Å². The van der Waals surface area contributed by atoms with E-state index in [0.29, 0.717) is 0 Å². The fourth-order valence-electron chi connectivity index (χ4n) is 1.72. The van der Waals surface area contributed by atoms with Crippen molar-refractivity contribution in [3.63, 3.8) is 0 Å². The van der Waals surface area contributed by atoms with Crippen LogP contribution in [0.4, 0.5) is 0 Å². The van der Waals surface area contributed by atoms with E-state index >= 15 is 0 Å². The Labute approximate surface area is 78.1 Å². The molecule has 72 valence electrons. The van der Waals surface area contributed by atoms with Crippen LogP contribution in [0.2, 0.25) is 0 Å². The molecular weight excluding hydrogens is 144 g/mol. The summed E-state index contributed by atoms with van der Waals surface area (Å²) in [5.41, 5.74) is 0. The Morgan fingerprint density at radius 1 is 1.25 bits per heavy atom. The Kier molecular flexibility index (Phi) is 6.14. The van der Waals surface area contributed by atoms with Gasteiger partial charge in [0.15, 0.2) is 0 Å². The highest BCUT2D eigenvalue weighted by Crippen LogP contribution is 2.27. The Bertz CT molecular complexity index is 113. The van der Waals surface area contributed by atoms with Crippen LogP contribution in [-0.4, -0.2) is 0 Å². The van der Waals surface area contributed by atoms with Crippen molar-refractivity contribution in [2.45, 2.75) is 47.0 Å². The molecule has 0 bridgehead atoms. The molecule has 0 heteroatoms. The predicted octanol–water partition coefficient (Wildman–Crippen LogP) is 4.27. The number of allylic oxidation sites excluding steroid dienone is 1. The molecule has 0 aliphatic rings. The molecule has 0 aromatic heterocycles. The van der Waals surface area contributed by atoms with Gasteiger partial charge in [0, 0.05) is 0 Å². The maximum Gasteiger partial charge on any atom is -0.0351 e. The second kappa shape index (κ2) is 6.28. The highest BCUT2D eigenvalue weighted by Gasteiger charge is 2.17. The molecule has 0 saturated carbocycles. The summed E-state index contributed by atoms with van der Waals surface area (Å²) >= 11 is 0. The van der Waals surface area contributed by atoms with E-state index in [1.165, 1.54) is 19.3 Å². The van der Waals surface area contributed by atoms with Gasteiger partial charge in [0.1, 0.15) is 0 Å². The van der Waals surface area contributed by atoms with Crippen molar-refractivity contribution in [1.29, 1.82) is 0 Å². The lowest BCUT2D eigenvalue weighted by atomic mass is 9.81. The van der Waals surface area contributed by atoms with Gasteiger partial charge in [0.05, 0.1) is 0 Å². The Hall–Kier alpha value is -0.260. The van der Waals surface area contributed by atoms with Crippen LogP contribution < -0.4 is 0 Å². The van der Waals surface area contributed by atoms with E-state index < -0.39 is 0 Å². The fourth-order valence-corrected chi connectivity index (χ4v) is 1.72. The van der Waals surface area contributed by atoms with Gasteiger partial charge < -0.3 is 0 Å². The maximum absolute atomic E-state index is 3.77. The van der Waals surface area contributed by atoms with Crippen LogP contribution in [0.15, 0.2) is 12.7 Å². The van der Waals surface area contributed by atoms with E-state index in [1.54, 1.807) is 0 Å². The molecule has 0 amide bonds. The van der Waals surface area contributed by atoms with Crippen molar-refractivity contribution in [3.05, 3.63) is 12.7 Å². The molecule has 0 radical (unpaired) electrons. The molecule has 0 heterocycles. The lowest BCUT2D eigenvalue weighted by Crippen LogP contribution is -2.16. The molecule has 2 atom stereocenters. The van der Waals surface area contributed by atoms with Crippen LogP contribution in [0.25, 0.3) is 0 Å². The molecule has 0 rings (SSSR count). The monoisotopic (exact) mass is 168 g/mol. The lowest BCUT2D eigenvalue weighted by molar-refractivity contribution is 0.256. The lowest BCUT2D eigenvalue weighted by Gasteiger charge is -2.25. The van der Waals surface area contributed by atoms with Crippen LogP contribution in [0.3, 0.4) is 0 Å². The smallest absolute Gasteiger partial charge is 0.0351 e. The fraction of sp³-hybridized carbons (Fsp3) is 0.833. The van der Waals surface area contributed by atoms with Gasteiger partial charge in [-0.05, 0) is 30.6 Å². The Morgan fingerprint density at radius 3 is 2.17 bits per heavy atom. The molecule has 0 aromatic rings. The van der Waals surface area contributed by atoms with E-state index in [1.807, 2.05) is 6.08 Å². The first kappa shape index (κ1) is 11.7.